The molecule has 0 saturated carbocycles. The molecule has 0 aromatic carbocycles. The summed E-state index contributed by atoms with van der Waals surface area (Å²) in [6.45, 7) is 14.8. The van der Waals surface area contributed by atoms with Crippen LogP contribution in [0.1, 0.15) is 107 Å². The predicted molar refractivity (Wildman–Crippen MR) is 409 cm³/mol. The summed E-state index contributed by atoms with van der Waals surface area (Å²) >= 11 is 5.73. The zero-order valence-electron chi connectivity index (χ0n) is 63.2. The van der Waals surface area contributed by atoms with Gasteiger partial charge in [-0.05, 0) is 101 Å². The maximum Gasteiger partial charge on any atom is 0.237 e. The quantitative estimate of drug-likeness (QED) is 0.0253. The lowest BCUT2D eigenvalue weighted by Gasteiger charge is -2.33. The number of aliphatic hydroxyl groups excluding tert-OH is 5. The van der Waals surface area contributed by atoms with Crippen molar-refractivity contribution in [1.82, 2.24) is 29.4 Å². The second kappa shape index (κ2) is 37.2. The zero-order valence-corrected chi connectivity index (χ0v) is 69.7. The normalized spacial score (nSPS) is 39.6. The summed E-state index contributed by atoms with van der Waals surface area (Å²) in [6, 6.07) is 0. The van der Waals surface area contributed by atoms with Gasteiger partial charge in [-0.1, -0.05) is 110 Å². The van der Waals surface area contributed by atoms with E-state index in [1.54, 1.807) is 43.4 Å². The monoisotopic (exact) mass is 1980 g/mol. The molecule has 38 nitrogen and oxygen atoms in total. The van der Waals surface area contributed by atoms with Crippen molar-refractivity contribution in [3.05, 3.63) is 117 Å². The third-order valence-electron chi connectivity index (χ3n) is 21.0. The van der Waals surface area contributed by atoms with Crippen LogP contribution in [0.5, 0.6) is 0 Å². The van der Waals surface area contributed by atoms with E-state index in [1.165, 1.54) is 69.9 Å². The number of halogens is 9. The number of hydrogen-bond donors (Lipinski definition) is 5. The Labute approximate surface area is 697 Å². The Hall–Kier alpha value is -7.88. The Kier molecular flexibility index (Phi) is 30.5. The molecule has 116 heavy (non-hydrogen) atoms. The van der Waals surface area contributed by atoms with Gasteiger partial charge in [0.05, 0.1) is 51.2 Å². The Morgan fingerprint density at radius 3 is 0.991 bits per heavy atom. The van der Waals surface area contributed by atoms with Crippen LogP contribution in [0.4, 0.5) is 26.3 Å². The van der Waals surface area contributed by atoms with Crippen LogP contribution in [0.2, 0.25) is 0 Å². The summed E-state index contributed by atoms with van der Waals surface area (Å²) < 4.78 is 121. The van der Waals surface area contributed by atoms with Gasteiger partial charge in [0.1, 0.15) is 36.3 Å². The Balaban J connectivity index is 0.000000193. The van der Waals surface area contributed by atoms with Crippen LogP contribution in [0.25, 0.3) is 31.3 Å². The molecular formula is C69H82F6I3N15O23. The van der Waals surface area contributed by atoms with Crippen molar-refractivity contribution in [3.63, 3.8) is 0 Å². The lowest BCUT2D eigenvalue weighted by Crippen LogP contribution is -2.52. The van der Waals surface area contributed by atoms with Crippen LogP contribution < -0.4 is 0 Å². The highest BCUT2D eigenvalue weighted by molar-refractivity contribution is 14.1. The van der Waals surface area contributed by atoms with Crippen LogP contribution in [0.15, 0.2) is 101 Å². The van der Waals surface area contributed by atoms with E-state index >= 15 is 8.78 Å². The predicted octanol–water partition coefficient (Wildman–Crippen LogP) is 6.01. The van der Waals surface area contributed by atoms with Crippen molar-refractivity contribution >= 4 is 138 Å². The second-order valence-corrected chi connectivity index (χ2v) is 31.5. The number of azide groups is 3. The molecule has 0 unspecified atom stereocenters. The summed E-state index contributed by atoms with van der Waals surface area (Å²) in [5.74, 6) is -7.09. The van der Waals surface area contributed by atoms with E-state index in [9.17, 15) is 95.5 Å². The van der Waals surface area contributed by atoms with E-state index in [0.717, 1.165) is 74.7 Å². The fraction of sp³-hybridized carbons (Fsp3) is 0.623. The molecule has 6 saturated heterocycles. The van der Waals surface area contributed by atoms with Gasteiger partial charge >= 0.3 is 0 Å². The molecule has 12 aliphatic heterocycles. The molecule has 634 valence electrons. The van der Waals surface area contributed by atoms with Crippen molar-refractivity contribution in [2.24, 2.45) is 27.2 Å². The van der Waals surface area contributed by atoms with Crippen LogP contribution in [-0.2, 0) is 86.0 Å². The Morgan fingerprint density at radius 2 is 0.716 bits per heavy atom. The van der Waals surface area contributed by atoms with Gasteiger partial charge in [0, 0.05) is 77.1 Å². The SMILES string of the molecule is C=C1O[C@@H](N2C=CC(=O)CC2=O)[C@](C)(F)[C@@H]1O.CC[C@@]1(N=[N+]=[N-])O[C@@H](N2C=CC(=O)CC2=O)[C@](C)(F)[C@@H]1C.C[C@@]1(F)[C@H](O)[C@@H](CI)O[C@H]1N1C=CC(=O)CC1=O.C[C@@]1(F)[C@H](O)[C@@H](CO)O[C@H]1N1C=CC(=O)CC1=O.C[C@H]1[C@@](C)(F)[C@H](N2C=CC(=O)CC2=O)O[C@@]1(CI)N=[N+]=[N-].C[C@]1(F)[C@H](N2C=CC(=O)CC2=O)O[C@@](CI)(N=[N+]=[N-])[C@H]1O. The van der Waals surface area contributed by atoms with Crippen molar-refractivity contribution < 1.29 is 138 Å². The van der Waals surface area contributed by atoms with E-state index < -0.39 is 191 Å². The van der Waals surface area contributed by atoms with Crippen molar-refractivity contribution in [2.75, 3.05) is 19.9 Å². The van der Waals surface area contributed by atoms with Crippen molar-refractivity contribution in [1.29, 1.82) is 0 Å². The number of rotatable bonds is 14. The van der Waals surface area contributed by atoms with Gasteiger partial charge in [-0.2, -0.15) is 0 Å². The van der Waals surface area contributed by atoms with Gasteiger partial charge < -0.3 is 54.0 Å². The molecule has 6 amide bonds. The first-order valence-electron chi connectivity index (χ1n) is 35.1. The summed E-state index contributed by atoms with van der Waals surface area (Å²) in [5, 5.41) is 58.7. The first-order valence-corrected chi connectivity index (χ1v) is 39.7. The first-order chi connectivity index (χ1) is 53.9. The van der Waals surface area contributed by atoms with Crippen LogP contribution in [0, 0.1) is 11.8 Å². The molecule has 5 N–H and O–H groups in total. The molecule has 0 radical (unpaired) electrons. The smallest absolute Gasteiger partial charge is 0.237 e. The molecule has 23 atom stereocenters. The molecule has 12 heterocycles. The number of carbonyl (C=O) groups is 12. The second-order valence-electron chi connectivity index (χ2n) is 29.1. The third-order valence-corrected chi connectivity index (χ3v) is 24.1. The average molecular weight is 1980 g/mol. The summed E-state index contributed by atoms with van der Waals surface area (Å²) in [4.78, 5) is 151. The number of ether oxygens (including phenoxy) is 6. The minimum Gasteiger partial charge on any atom is -0.469 e. The zero-order chi connectivity index (χ0) is 87.3. The number of carbonyl (C=O) groups excluding carboxylic acids is 12. The molecule has 0 bridgehead atoms. The minimum atomic E-state index is -2.36. The molecule has 12 rings (SSSR count). The average Bonchev–Trinajstić information content (AvgIpc) is 1.58. The first kappa shape index (κ1) is 95.3. The molecule has 0 aromatic heterocycles. The number of ketones is 6. The van der Waals surface area contributed by atoms with E-state index in [-0.39, 0.29) is 82.1 Å². The van der Waals surface area contributed by atoms with E-state index in [2.05, 4.69) is 36.7 Å². The fourth-order valence-electron chi connectivity index (χ4n) is 13.7. The molecule has 0 aromatic rings. The van der Waals surface area contributed by atoms with Crippen molar-refractivity contribution in [3.8, 4) is 0 Å². The molecule has 47 heteroatoms. The highest BCUT2D eigenvalue weighted by Gasteiger charge is 2.67. The Bertz CT molecular complexity index is 3980. The largest absolute Gasteiger partial charge is 0.469 e. The minimum absolute atomic E-state index is 0.00330. The summed E-state index contributed by atoms with van der Waals surface area (Å²) in [5.41, 5.74) is 8.88. The lowest BCUT2D eigenvalue weighted by molar-refractivity contribution is -0.157. The van der Waals surface area contributed by atoms with Crippen LogP contribution in [-0.4, -0.2) is 270 Å². The lowest BCUT2D eigenvalue weighted by atomic mass is 9.84. The third kappa shape index (κ3) is 19.0. The van der Waals surface area contributed by atoms with Crippen molar-refractivity contribution in [2.45, 2.75) is 232 Å². The number of aliphatic hydroxyl groups is 5. The molecule has 0 aliphatic carbocycles. The number of allylic oxidation sites excluding steroid dienone is 6. The number of nitrogens with zero attached hydrogens (tertiary/aromatic N) is 15. The summed E-state index contributed by atoms with van der Waals surface area (Å²) in [6.07, 6.45) is -3.14. The number of alkyl halides is 9. The van der Waals surface area contributed by atoms with Gasteiger partial charge in [-0.25, -0.2) is 26.3 Å². The van der Waals surface area contributed by atoms with Gasteiger partial charge in [-0.3, -0.25) is 86.9 Å². The number of hydrogen-bond acceptors (Lipinski definition) is 26. The number of amides is 6. The fourth-order valence-corrected chi connectivity index (χ4v) is 16.1. The highest BCUT2D eigenvalue weighted by Crippen LogP contribution is 2.52. The standard InChI is InChI=1S/C13H17FN4O3.C12H14FIN4O3.C11H12FIN4O4.C11H13FINO4.C11H14FNO5.C11H12FNO4/c1-4-13(16-17-15)8(2)12(3,14)11(21-13)18-6-5-9(19)7-10(18)20;1-7-11(2,13)10(21-12(7,6-14)16-17-15)18-4-3-8(19)5-9(18)20;1-10(12)8(20)11(5-13,15-16-14)21-9(10)17-3-2-6(18)4-7(17)19;1-11(12)9(17)7(5-13)18-10(11)14-3-2-6(15)4-8(14)16;1-11(12)9(17)7(5-14)18-10(11)13-3-2-6(15)4-8(13)16;1-6-9(16)11(2,12)10(17-6)13-4-3-7(14)5-8(13)15/h5-6,8,11H,4,7H2,1-3H3;3-4,7,10H,5-6H2,1-2H3;2-3,8-9,20H,4-5H2,1H3;2-3,7,9-10,17H,4-5H2,1H3;2-3,7,9-10,14,17H,4-5H2,1H3;3-4,9-10,16H,1,5H2,2H3/t8-,11+,12+,13+;7-,10+,11+,12+;8-,9+,10+,11+;2*7-,9-,10-,11-;9-,10-,11-/m000111/s1. The highest BCUT2D eigenvalue weighted by atomic mass is 127. The van der Waals surface area contributed by atoms with Crippen LogP contribution in [0.3, 0.4) is 0 Å². The maximum atomic E-state index is 15.1. The van der Waals surface area contributed by atoms with Gasteiger partial charge in [0.2, 0.25) is 41.7 Å². The topological polar surface area (TPSA) is 527 Å². The van der Waals surface area contributed by atoms with E-state index in [4.69, 9.17) is 50.1 Å². The molecule has 6 fully saturated rings. The molecular weight excluding hydrogens is 1900 g/mol. The maximum absolute atomic E-state index is 15.1. The molecule has 0 spiro atoms. The molecule has 12 aliphatic rings. The van der Waals surface area contributed by atoms with E-state index in [0.29, 0.717) is 4.43 Å². The Morgan fingerprint density at radius 1 is 0.440 bits per heavy atom. The summed E-state index contributed by atoms with van der Waals surface area (Å²) in [7, 11) is 0. The van der Waals surface area contributed by atoms with E-state index in [1.807, 2.05) is 45.2 Å². The van der Waals surface area contributed by atoms with Gasteiger partial charge in [0.15, 0.2) is 117 Å². The van der Waals surface area contributed by atoms with Gasteiger partial charge in [0.25, 0.3) is 0 Å². The van der Waals surface area contributed by atoms with Gasteiger partial charge in [-0.15, -0.1) is 0 Å². The van der Waals surface area contributed by atoms with Crippen LogP contribution >= 0.6 is 67.8 Å².